The molecule has 2 heterocycles. The van der Waals surface area contributed by atoms with Crippen molar-refractivity contribution in [2.24, 2.45) is 0 Å². The highest BCUT2D eigenvalue weighted by atomic mass is 32.2. The first-order valence-corrected chi connectivity index (χ1v) is 9.34. The van der Waals surface area contributed by atoms with E-state index in [2.05, 4.69) is 5.32 Å². The van der Waals surface area contributed by atoms with Crippen LogP contribution in [-0.2, 0) is 30.0 Å². The lowest BCUT2D eigenvalue weighted by Gasteiger charge is -2.43. The Balaban J connectivity index is 1.84. The van der Waals surface area contributed by atoms with Crippen molar-refractivity contribution in [3.8, 4) is 0 Å². The van der Waals surface area contributed by atoms with E-state index >= 15 is 0 Å². The van der Waals surface area contributed by atoms with Crippen molar-refractivity contribution in [1.82, 2.24) is 10.2 Å². The zero-order valence-corrected chi connectivity index (χ0v) is 15.3. The molecule has 2 aliphatic heterocycles. The molecule has 2 fully saturated rings. The number of hydrogen-bond donors (Lipinski definition) is 3. The normalized spacial score (nSPS) is 29.4. The minimum absolute atomic E-state index is 0.238. The summed E-state index contributed by atoms with van der Waals surface area (Å²) in [5, 5.41) is 20.2. The smallest absolute Gasteiger partial charge is 0.328 e. The fraction of sp³-hybridized carbons (Fsp3) is 0.412. The standard InChI is InChI=1S/C17H18N2O7S/c1-17(2)11(16(24)25)19-13(21)10(14(19)27(17)26)18-12(20)9(15(22)23)8-6-4-3-5-7-8/h3-7,9-11,14H,1-2H3,(H,18,20)(H,22,23)(H,24,25)/t9-,10+,11-,14+,27+/m0/s1. The van der Waals surface area contributed by atoms with Gasteiger partial charge in [0.2, 0.25) is 11.8 Å². The molecule has 3 N–H and O–H groups in total. The summed E-state index contributed by atoms with van der Waals surface area (Å²) >= 11 is 0. The number of nitrogens with zero attached hydrogens (tertiary/aromatic N) is 1. The number of carboxylic acids is 2. The summed E-state index contributed by atoms with van der Waals surface area (Å²) in [6, 6.07) is 5.31. The Morgan fingerprint density at radius 1 is 1.19 bits per heavy atom. The zero-order valence-electron chi connectivity index (χ0n) is 14.5. The van der Waals surface area contributed by atoms with Crippen LogP contribution in [-0.4, -0.2) is 65.3 Å². The molecular weight excluding hydrogens is 376 g/mol. The number of nitrogens with one attached hydrogen (secondary N) is 1. The highest BCUT2D eigenvalue weighted by Crippen LogP contribution is 2.43. The first-order valence-electron chi connectivity index (χ1n) is 8.12. The van der Waals surface area contributed by atoms with Gasteiger partial charge in [-0.15, -0.1) is 0 Å². The molecule has 0 unspecified atom stereocenters. The van der Waals surface area contributed by atoms with Gasteiger partial charge in [-0.25, -0.2) is 4.79 Å². The maximum atomic E-state index is 12.7. The molecule has 0 aliphatic carbocycles. The summed E-state index contributed by atoms with van der Waals surface area (Å²) in [7, 11) is -1.75. The average molecular weight is 394 g/mol. The van der Waals surface area contributed by atoms with Crippen LogP contribution in [0.15, 0.2) is 30.3 Å². The van der Waals surface area contributed by atoms with E-state index in [4.69, 9.17) is 0 Å². The van der Waals surface area contributed by atoms with Crippen LogP contribution in [0.5, 0.6) is 0 Å². The third-order valence-electron chi connectivity index (χ3n) is 4.93. The van der Waals surface area contributed by atoms with Crippen LogP contribution in [0.1, 0.15) is 25.3 Å². The molecule has 2 saturated heterocycles. The summed E-state index contributed by atoms with van der Waals surface area (Å²) in [5.74, 6) is -5.80. The number of fused-ring (bicyclic) bond motifs is 1. The van der Waals surface area contributed by atoms with Gasteiger partial charge >= 0.3 is 11.9 Å². The number of β-lactam (4-membered cyclic amide) rings is 1. The molecule has 0 bridgehead atoms. The molecule has 1 aromatic rings. The largest absolute Gasteiger partial charge is 0.480 e. The number of hydrogen-bond acceptors (Lipinski definition) is 5. The monoisotopic (exact) mass is 394 g/mol. The predicted molar refractivity (Wildman–Crippen MR) is 93.0 cm³/mol. The molecule has 0 spiro atoms. The zero-order chi connectivity index (χ0) is 20.1. The highest BCUT2D eigenvalue weighted by molar-refractivity contribution is 7.87. The number of amides is 2. The number of carbonyl (C=O) groups excluding carboxylic acids is 2. The topological polar surface area (TPSA) is 141 Å². The van der Waals surface area contributed by atoms with Crippen molar-refractivity contribution in [3.05, 3.63) is 35.9 Å². The lowest BCUT2D eigenvalue weighted by Crippen LogP contribution is -2.72. The Morgan fingerprint density at radius 2 is 1.78 bits per heavy atom. The third-order valence-corrected chi connectivity index (χ3v) is 7.13. The lowest BCUT2D eigenvalue weighted by molar-refractivity contribution is -0.161. The van der Waals surface area contributed by atoms with Crippen molar-refractivity contribution < 1.29 is 33.6 Å². The summed E-state index contributed by atoms with van der Waals surface area (Å²) in [6.07, 6.45) is 0. The summed E-state index contributed by atoms with van der Waals surface area (Å²) in [4.78, 5) is 49.0. The number of carboxylic acid groups (broad SMARTS) is 2. The van der Waals surface area contributed by atoms with Crippen LogP contribution < -0.4 is 5.32 Å². The molecule has 27 heavy (non-hydrogen) atoms. The lowest BCUT2D eigenvalue weighted by atomic mass is 9.94. The summed E-state index contributed by atoms with van der Waals surface area (Å²) in [6.45, 7) is 2.97. The van der Waals surface area contributed by atoms with Crippen molar-refractivity contribution >= 4 is 34.6 Å². The molecule has 10 heteroatoms. The van der Waals surface area contributed by atoms with Gasteiger partial charge in [-0.2, -0.15) is 0 Å². The van der Waals surface area contributed by atoms with Gasteiger partial charge in [0.15, 0.2) is 5.92 Å². The number of carbonyl (C=O) groups is 4. The second-order valence-corrected chi connectivity index (χ2v) is 9.08. The van der Waals surface area contributed by atoms with Crippen LogP contribution in [0, 0.1) is 0 Å². The van der Waals surface area contributed by atoms with Gasteiger partial charge in [0.1, 0.15) is 17.5 Å². The second-order valence-electron chi connectivity index (χ2n) is 6.95. The Bertz CT molecular complexity index is 854. The van der Waals surface area contributed by atoms with E-state index in [1.807, 2.05) is 0 Å². The van der Waals surface area contributed by atoms with Gasteiger partial charge in [0.25, 0.3) is 0 Å². The van der Waals surface area contributed by atoms with Crippen molar-refractivity contribution in [2.45, 2.75) is 42.0 Å². The molecule has 0 saturated carbocycles. The second kappa shape index (κ2) is 6.45. The molecule has 0 radical (unpaired) electrons. The molecule has 0 aromatic heterocycles. The van der Waals surface area contributed by atoms with E-state index < -0.39 is 62.7 Å². The molecule has 1 aromatic carbocycles. The Hall–Kier alpha value is -2.75. The maximum absolute atomic E-state index is 12.7. The molecule has 5 atom stereocenters. The number of rotatable bonds is 5. The van der Waals surface area contributed by atoms with E-state index in [1.54, 1.807) is 18.2 Å². The molecule has 3 rings (SSSR count). The number of aliphatic carboxylic acids is 2. The van der Waals surface area contributed by atoms with Crippen molar-refractivity contribution in [2.75, 3.05) is 0 Å². The van der Waals surface area contributed by atoms with Gasteiger partial charge in [0, 0.05) is 0 Å². The van der Waals surface area contributed by atoms with Crippen LogP contribution in [0.3, 0.4) is 0 Å². The maximum Gasteiger partial charge on any atom is 0.328 e. The Kier molecular flexibility index (Phi) is 4.54. The quantitative estimate of drug-likeness (QED) is 0.452. The highest BCUT2D eigenvalue weighted by Gasteiger charge is 2.68. The number of benzene rings is 1. The fourth-order valence-corrected chi connectivity index (χ4v) is 5.50. The summed E-state index contributed by atoms with van der Waals surface area (Å²) in [5.41, 5.74) is 0.238. The van der Waals surface area contributed by atoms with Gasteiger partial charge in [-0.3, -0.25) is 18.6 Å². The van der Waals surface area contributed by atoms with Crippen molar-refractivity contribution in [1.29, 1.82) is 0 Å². The Morgan fingerprint density at radius 3 is 2.30 bits per heavy atom. The van der Waals surface area contributed by atoms with Crippen molar-refractivity contribution in [3.63, 3.8) is 0 Å². The average Bonchev–Trinajstić information content (AvgIpc) is 2.78. The summed E-state index contributed by atoms with van der Waals surface area (Å²) < 4.78 is 11.5. The van der Waals surface area contributed by atoms with Crippen LogP contribution in [0.4, 0.5) is 0 Å². The van der Waals surface area contributed by atoms with Gasteiger partial charge < -0.3 is 20.4 Å². The van der Waals surface area contributed by atoms with E-state index in [9.17, 15) is 33.6 Å². The van der Waals surface area contributed by atoms with E-state index in [1.165, 1.54) is 26.0 Å². The molecule has 144 valence electrons. The van der Waals surface area contributed by atoms with Crippen LogP contribution in [0.25, 0.3) is 0 Å². The fourth-order valence-electron chi connectivity index (χ4n) is 3.58. The third kappa shape index (κ3) is 2.80. The van der Waals surface area contributed by atoms with E-state index in [0.717, 1.165) is 4.90 Å². The molecular formula is C17H18N2O7S. The first kappa shape index (κ1) is 19.0. The molecule has 9 nitrogen and oxygen atoms in total. The predicted octanol–water partition coefficient (Wildman–Crippen LogP) is -0.498. The van der Waals surface area contributed by atoms with Gasteiger partial charge in [-0.05, 0) is 19.4 Å². The van der Waals surface area contributed by atoms with Crippen LogP contribution in [0.2, 0.25) is 0 Å². The van der Waals surface area contributed by atoms with Crippen LogP contribution >= 0.6 is 0 Å². The van der Waals surface area contributed by atoms with E-state index in [0.29, 0.717) is 0 Å². The Labute approximate surface area is 156 Å². The molecule has 2 amide bonds. The van der Waals surface area contributed by atoms with E-state index in [-0.39, 0.29) is 5.56 Å². The van der Waals surface area contributed by atoms with Gasteiger partial charge in [0.05, 0.1) is 15.5 Å². The minimum Gasteiger partial charge on any atom is -0.480 e. The SMILES string of the molecule is CC1(C)[C@H](C(=O)O)N2C(=O)[C@@H](NC(=O)[C@@H](C(=O)O)c3ccccc3)[C@H]2[S@]1=O. The minimum atomic E-state index is -1.75. The van der Waals surface area contributed by atoms with Gasteiger partial charge in [-0.1, -0.05) is 30.3 Å². The molecule has 2 aliphatic rings. The first-order chi connectivity index (χ1) is 12.6.